The van der Waals surface area contributed by atoms with Crippen LogP contribution >= 0.6 is 0 Å². The van der Waals surface area contributed by atoms with Crippen LogP contribution in [0.25, 0.3) is 5.65 Å². The number of carbonyl (C=O) groups excluding carboxylic acids is 1. The van der Waals surface area contributed by atoms with Crippen molar-refractivity contribution in [2.75, 3.05) is 0 Å². The Kier molecular flexibility index (Phi) is 1.33. The lowest BCUT2D eigenvalue weighted by Gasteiger charge is -1.92. The van der Waals surface area contributed by atoms with Gasteiger partial charge in [0.1, 0.15) is 5.69 Å². The molecule has 4 nitrogen and oxygen atoms in total. The largest absolute Gasteiger partial charge is 0.504 e. The van der Waals surface area contributed by atoms with Crippen molar-refractivity contribution in [3.63, 3.8) is 0 Å². The summed E-state index contributed by atoms with van der Waals surface area (Å²) < 4.78 is 1.60. The first kappa shape index (κ1) is 6.84. The second-order valence-corrected chi connectivity index (χ2v) is 2.41. The normalized spacial score (nSPS) is 10.3. The van der Waals surface area contributed by atoms with Gasteiger partial charge in [-0.25, -0.2) is 4.98 Å². The van der Waals surface area contributed by atoms with Crippen LogP contribution in [0.4, 0.5) is 0 Å². The fraction of sp³-hybridized carbons (Fsp3) is 0. The topological polar surface area (TPSA) is 54.6 Å². The van der Waals surface area contributed by atoms with Gasteiger partial charge in [0.05, 0.1) is 0 Å². The van der Waals surface area contributed by atoms with E-state index in [0.29, 0.717) is 17.6 Å². The highest BCUT2D eigenvalue weighted by molar-refractivity contribution is 5.74. The van der Waals surface area contributed by atoms with Crippen molar-refractivity contribution >= 4 is 11.9 Å². The zero-order valence-corrected chi connectivity index (χ0v) is 6.14. The van der Waals surface area contributed by atoms with Crippen LogP contribution in [0.5, 0.6) is 5.75 Å². The predicted molar refractivity (Wildman–Crippen MR) is 42.2 cm³/mol. The number of rotatable bonds is 1. The summed E-state index contributed by atoms with van der Waals surface area (Å²) in [5, 5.41) is 9.28. The molecule has 0 aliphatic heterocycles. The smallest absolute Gasteiger partial charge is 0.180 e. The molecule has 2 heterocycles. The molecule has 0 atom stereocenters. The number of imidazole rings is 1. The minimum Gasteiger partial charge on any atom is -0.504 e. The molecule has 4 heteroatoms. The van der Waals surface area contributed by atoms with E-state index in [0.717, 1.165) is 0 Å². The third-order valence-corrected chi connectivity index (χ3v) is 1.60. The third-order valence-electron chi connectivity index (χ3n) is 1.60. The third kappa shape index (κ3) is 0.852. The van der Waals surface area contributed by atoms with Crippen molar-refractivity contribution in [2.45, 2.75) is 0 Å². The Balaban J connectivity index is 2.82. The van der Waals surface area contributed by atoms with Crippen molar-refractivity contribution in [3.05, 3.63) is 30.2 Å². The molecule has 0 aromatic carbocycles. The Morgan fingerprint density at radius 1 is 1.58 bits per heavy atom. The quantitative estimate of drug-likeness (QED) is 0.632. The first-order chi connectivity index (χ1) is 5.81. The number of pyridine rings is 1. The number of fused-ring (bicyclic) bond motifs is 1. The number of hydrogen-bond donors (Lipinski definition) is 1. The molecule has 60 valence electrons. The minimum absolute atomic E-state index is 0.0746. The summed E-state index contributed by atoms with van der Waals surface area (Å²) in [6.07, 6.45) is 3.92. The van der Waals surface area contributed by atoms with E-state index < -0.39 is 0 Å². The van der Waals surface area contributed by atoms with E-state index in [4.69, 9.17) is 0 Å². The molecule has 0 spiro atoms. The van der Waals surface area contributed by atoms with Crippen LogP contribution in [0.15, 0.2) is 24.5 Å². The Morgan fingerprint density at radius 2 is 2.42 bits per heavy atom. The lowest BCUT2D eigenvalue weighted by molar-refractivity contribution is 0.111. The molecule has 0 aliphatic carbocycles. The summed E-state index contributed by atoms with van der Waals surface area (Å²) in [6, 6.07) is 3.20. The van der Waals surface area contributed by atoms with E-state index in [9.17, 15) is 9.90 Å². The van der Waals surface area contributed by atoms with Crippen LogP contribution < -0.4 is 0 Å². The standard InChI is InChI=1S/C8H6N2O2/c11-5-6-4-10-3-1-2-7(12)8(10)9-6/h1-5,12H. The van der Waals surface area contributed by atoms with Crippen LogP contribution in [0.1, 0.15) is 10.5 Å². The Bertz CT molecular complexity index is 434. The number of hydrogen-bond acceptors (Lipinski definition) is 3. The van der Waals surface area contributed by atoms with Crippen molar-refractivity contribution in [1.29, 1.82) is 0 Å². The van der Waals surface area contributed by atoms with Gasteiger partial charge >= 0.3 is 0 Å². The molecular formula is C8H6N2O2. The SMILES string of the molecule is O=Cc1cn2cccc(O)c2n1. The summed E-state index contributed by atoms with van der Waals surface area (Å²) in [5.74, 6) is 0.0746. The second kappa shape index (κ2) is 2.34. The highest BCUT2D eigenvalue weighted by Crippen LogP contribution is 2.15. The molecule has 12 heavy (non-hydrogen) atoms. The van der Waals surface area contributed by atoms with Crippen molar-refractivity contribution in [1.82, 2.24) is 9.38 Å². The van der Waals surface area contributed by atoms with Crippen LogP contribution in [0.2, 0.25) is 0 Å². The Hall–Kier alpha value is -1.84. The van der Waals surface area contributed by atoms with Crippen LogP contribution in [0.3, 0.4) is 0 Å². The van der Waals surface area contributed by atoms with Gasteiger partial charge in [0.15, 0.2) is 17.7 Å². The van der Waals surface area contributed by atoms with Gasteiger partial charge in [-0.2, -0.15) is 0 Å². The van der Waals surface area contributed by atoms with Gasteiger partial charge in [0.2, 0.25) is 0 Å². The highest BCUT2D eigenvalue weighted by Gasteiger charge is 2.02. The van der Waals surface area contributed by atoms with Gasteiger partial charge in [0.25, 0.3) is 0 Å². The number of nitrogens with zero attached hydrogens (tertiary/aromatic N) is 2. The van der Waals surface area contributed by atoms with Crippen molar-refractivity contribution in [2.24, 2.45) is 0 Å². The van der Waals surface area contributed by atoms with Crippen LogP contribution in [0, 0.1) is 0 Å². The first-order valence-electron chi connectivity index (χ1n) is 3.43. The summed E-state index contributed by atoms with van der Waals surface area (Å²) in [6.45, 7) is 0. The molecule has 0 unspecified atom stereocenters. The van der Waals surface area contributed by atoms with E-state index in [1.807, 2.05) is 0 Å². The number of aromatic nitrogens is 2. The highest BCUT2D eigenvalue weighted by atomic mass is 16.3. The molecule has 1 N–H and O–H groups in total. The monoisotopic (exact) mass is 162 g/mol. The zero-order valence-electron chi connectivity index (χ0n) is 6.14. The van der Waals surface area contributed by atoms with Gasteiger partial charge in [-0.15, -0.1) is 0 Å². The average Bonchev–Trinajstić information content (AvgIpc) is 2.49. The second-order valence-electron chi connectivity index (χ2n) is 2.41. The summed E-state index contributed by atoms with van der Waals surface area (Å²) >= 11 is 0. The van der Waals surface area contributed by atoms with E-state index in [-0.39, 0.29) is 5.75 Å². The fourth-order valence-corrected chi connectivity index (χ4v) is 1.07. The average molecular weight is 162 g/mol. The van der Waals surface area contributed by atoms with E-state index in [2.05, 4.69) is 4.98 Å². The molecule has 2 aromatic heterocycles. The van der Waals surface area contributed by atoms with Gasteiger partial charge in [-0.05, 0) is 12.1 Å². The van der Waals surface area contributed by atoms with Gasteiger partial charge in [0, 0.05) is 12.4 Å². The number of aldehydes is 1. The molecule has 0 amide bonds. The lowest BCUT2D eigenvalue weighted by Crippen LogP contribution is -1.80. The summed E-state index contributed by atoms with van der Waals surface area (Å²) in [7, 11) is 0. The first-order valence-corrected chi connectivity index (χ1v) is 3.43. The number of aromatic hydroxyl groups is 1. The molecule has 0 aliphatic rings. The van der Waals surface area contributed by atoms with Crippen molar-refractivity contribution < 1.29 is 9.90 Å². The zero-order chi connectivity index (χ0) is 8.55. The molecule has 0 radical (unpaired) electrons. The van der Waals surface area contributed by atoms with Gasteiger partial charge in [-0.1, -0.05) is 0 Å². The maximum atomic E-state index is 10.3. The Morgan fingerprint density at radius 3 is 3.08 bits per heavy atom. The minimum atomic E-state index is 0.0746. The number of carbonyl (C=O) groups is 1. The molecule has 2 aromatic rings. The van der Waals surface area contributed by atoms with Gasteiger partial charge in [-0.3, -0.25) is 4.79 Å². The molecule has 0 saturated heterocycles. The van der Waals surface area contributed by atoms with Gasteiger partial charge < -0.3 is 9.51 Å². The fourth-order valence-electron chi connectivity index (χ4n) is 1.07. The molecule has 0 bridgehead atoms. The Labute approximate surface area is 68.1 Å². The maximum Gasteiger partial charge on any atom is 0.180 e. The lowest BCUT2D eigenvalue weighted by atomic mass is 10.4. The van der Waals surface area contributed by atoms with Crippen molar-refractivity contribution in [3.8, 4) is 5.75 Å². The molecule has 0 fully saturated rings. The predicted octanol–water partition coefficient (Wildman–Crippen LogP) is 0.852. The van der Waals surface area contributed by atoms with E-state index in [1.165, 1.54) is 6.07 Å². The molecule has 2 rings (SSSR count). The van der Waals surface area contributed by atoms with E-state index >= 15 is 0 Å². The summed E-state index contributed by atoms with van der Waals surface area (Å²) in [4.78, 5) is 14.2. The van der Waals surface area contributed by atoms with Crippen LogP contribution in [-0.4, -0.2) is 20.8 Å². The molecular weight excluding hydrogens is 156 g/mol. The maximum absolute atomic E-state index is 10.3. The van der Waals surface area contributed by atoms with Crippen LogP contribution in [-0.2, 0) is 0 Å². The summed E-state index contributed by atoms with van der Waals surface area (Å²) in [5.41, 5.74) is 0.719. The molecule has 0 saturated carbocycles. The van der Waals surface area contributed by atoms with E-state index in [1.54, 1.807) is 22.9 Å².